The highest BCUT2D eigenvalue weighted by Crippen LogP contribution is 2.23. The van der Waals surface area contributed by atoms with Crippen molar-refractivity contribution in [2.24, 2.45) is 5.92 Å². The molecule has 0 N–H and O–H groups in total. The number of Topliss-reactive ketones (excluding diaryl/α,β-unsaturated/α-hetero) is 1. The molecule has 0 amide bonds. The molecular weight excluding hydrogens is 116 g/mol. The maximum atomic E-state index is 10.6. The number of carbonyl (C=O) groups excluding carboxylic acids is 2. The van der Waals surface area contributed by atoms with Gasteiger partial charge in [-0.25, -0.2) is 0 Å². The summed E-state index contributed by atoms with van der Waals surface area (Å²) in [5, 5.41) is 0. The molecule has 1 aliphatic rings. The van der Waals surface area contributed by atoms with Gasteiger partial charge in [-0.05, 0) is 12.3 Å². The molecule has 2 nitrogen and oxygen atoms in total. The van der Waals surface area contributed by atoms with Crippen LogP contribution in [0.4, 0.5) is 0 Å². The Bertz CT molecular complexity index is 129. The van der Waals surface area contributed by atoms with E-state index in [0.717, 1.165) is 12.7 Å². The van der Waals surface area contributed by atoms with E-state index in [1.54, 1.807) is 0 Å². The summed E-state index contributed by atoms with van der Waals surface area (Å²) < 4.78 is 0. The van der Waals surface area contributed by atoms with Gasteiger partial charge >= 0.3 is 0 Å². The van der Waals surface area contributed by atoms with E-state index in [0.29, 0.717) is 31.0 Å². The van der Waals surface area contributed by atoms with Gasteiger partial charge in [0.1, 0.15) is 12.1 Å². The van der Waals surface area contributed by atoms with Crippen LogP contribution in [0.15, 0.2) is 0 Å². The second-order valence-electron chi connectivity index (χ2n) is 2.55. The Kier molecular flexibility index (Phi) is 1.98. The summed E-state index contributed by atoms with van der Waals surface area (Å²) in [6.07, 6.45) is 3.74. The molecule has 0 spiro atoms. The molecule has 0 aliphatic heterocycles. The molecule has 0 radical (unpaired) electrons. The maximum Gasteiger partial charge on any atom is 0.133 e. The van der Waals surface area contributed by atoms with Crippen molar-refractivity contribution >= 4 is 12.1 Å². The van der Waals surface area contributed by atoms with Crippen molar-refractivity contribution in [3.05, 3.63) is 0 Å². The third kappa shape index (κ3) is 1.63. The van der Waals surface area contributed by atoms with Crippen LogP contribution < -0.4 is 0 Å². The quantitative estimate of drug-likeness (QED) is 0.516. The minimum absolute atomic E-state index is 0.321. The molecule has 50 valence electrons. The first-order chi connectivity index (χ1) is 4.33. The van der Waals surface area contributed by atoms with E-state index in [1.165, 1.54) is 0 Å². The molecule has 1 rings (SSSR count). The van der Waals surface area contributed by atoms with E-state index in [4.69, 9.17) is 0 Å². The Morgan fingerprint density at radius 1 is 1.67 bits per heavy atom. The number of carbonyl (C=O) groups is 2. The highest BCUT2D eigenvalue weighted by molar-refractivity contribution is 5.81. The zero-order valence-electron chi connectivity index (χ0n) is 5.30. The van der Waals surface area contributed by atoms with Crippen LogP contribution in [-0.4, -0.2) is 12.1 Å². The van der Waals surface area contributed by atoms with Gasteiger partial charge in [0.25, 0.3) is 0 Å². The topological polar surface area (TPSA) is 34.1 Å². The molecule has 1 atom stereocenters. The SMILES string of the molecule is O=CC[C@H]1CCC(=O)C1. The molecule has 1 fully saturated rings. The van der Waals surface area contributed by atoms with Crippen molar-refractivity contribution in [2.45, 2.75) is 25.7 Å². The van der Waals surface area contributed by atoms with Gasteiger partial charge in [0.15, 0.2) is 0 Å². The standard InChI is InChI=1S/C7H10O2/c8-4-3-6-1-2-7(9)5-6/h4,6H,1-3,5H2/t6-/m1/s1. The van der Waals surface area contributed by atoms with Crippen LogP contribution >= 0.6 is 0 Å². The van der Waals surface area contributed by atoms with E-state index in [2.05, 4.69) is 0 Å². The predicted octanol–water partition coefficient (Wildman–Crippen LogP) is 0.945. The first-order valence-electron chi connectivity index (χ1n) is 3.28. The van der Waals surface area contributed by atoms with Crippen LogP contribution in [0.3, 0.4) is 0 Å². The number of ketones is 1. The lowest BCUT2D eigenvalue weighted by Crippen LogP contribution is -1.94. The Morgan fingerprint density at radius 2 is 2.44 bits per heavy atom. The van der Waals surface area contributed by atoms with Gasteiger partial charge in [-0.3, -0.25) is 4.79 Å². The van der Waals surface area contributed by atoms with Crippen LogP contribution in [0.25, 0.3) is 0 Å². The third-order valence-corrected chi connectivity index (χ3v) is 1.78. The van der Waals surface area contributed by atoms with Crippen molar-refractivity contribution in [3.8, 4) is 0 Å². The summed E-state index contributed by atoms with van der Waals surface area (Å²) >= 11 is 0. The fourth-order valence-corrected chi connectivity index (χ4v) is 1.23. The number of hydrogen-bond acceptors (Lipinski definition) is 2. The number of hydrogen-bond donors (Lipinski definition) is 0. The van der Waals surface area contributed by atoms with Gasteiger partial charge < -0.3 is 4.79 Å². The normalized spacial score (nSPS) is 26.7. The second-order valence-corrected chi connectivity index (χ2v) is 2.55. The molecule has 2 heteroatoms. The zero-order valence-corrected chi connectivity index (χ0v) is 5.30. The lowest BCUT2D eigenvalue weighted by Gasteiger charge is -1.97. The first-order valence-corrected chi connectivity index (χ1v) is 3.28. The third-order valence-electron chi connectivity index (χ3n) is 1.78. The van der Waals surface area contributed by atoms with Crippen molar-refractivity contribution in [1.29, 1.82) is 0 Å². The number of aldehydes is 1. The lowest BCUT2D eigenvalue weighted by molar-refractivity contribution is -0.117. The van der Waals surface area contributed by atoms with Gasteiger partial charge in [-0.1, -0.05) is 0 Å². The van der Waals surface area contributed by atoms with Crippen LogP contribution in [0.1, 0.15) is 25.7 Å². The molecule has 1 aliphatic carbocycles. The second kappa shape index (κ2) is 2.76. The smallest absolute Gasteiger partial charge is 0.133 e. The molecule has 0 unspecified atom stereocenters. The van der Waals surface area contributed by atoms with E-state index >= 15 is 0 Å². The molecule has 9 heavy (non-hydrogen) atoms. The number of rotatable bonds is 2. The van der Waals surface area contributed by atoms with Gasteiger partial charge in [0.2, 0.25) is 0 Å². The zero-order chi connectivity index (χ0) is 6.69. The minimum atomic E-state index is 0.321. The highest BCUT2D eigenvalue weighted by atomic mass is 16.1. The Morgan fingerprint density at radius 3 is 2.89 bits per heavy atom. The highest BCUT2D eigenvalue weighted by Gasteiger charge is 2.20. The van der Waals surface area contributed by atoms with Crippen LogP contribution in [0, 0.1) is 5.92 Å². The van der Waals surface area contributed by atoms with Crippen molar-refractivity contribution in [2.75, 3.05) is 0 Å². The molecule has 0 aromatic heterocycles. The van der Waals surface area contributed by atoms with Gasteiger partial charge in [-0.15, -0.1) is 0 Å². The summed E-state index contributed by atoms with van der Waals surface area (Å²) in [7, 11) is 0. The van der Waals surface area contributed by atoms with Crippen molar-refractivity contribution in [3.63, 3.8) is 0 Å². The Balaban J connectivity index is 2.29. The molecule has 0 bridgehead atoms. The van der Waals surface area contributed by atoms with E-state index in [-0.39, 0.29) is 0 Å². The largest absolute Gasteiger partial charge is 0.303 e. The molecule has 0 aromatic rings. The molecule has 1 saturated carbocycles. The van der Waals surface area contributed by atoms with Crippen LogP contribution in [0.5, 0.6) is 0 Å². The Hall–Kier alpha value is -0.660. The summed E-state index contributed by atoms with van der Waals surface area (Å²) in [6.45, 7) is 0. The molecular formula is C7H10O2. The summed E-state index contributed by atoms with van der Waals surface area (Å²) in [5.41, 5.74) is 0. The average Bonchev–Trinajstić information content (AvgIpc) is 2.17. The first kappa shape index (κ1) is 6.46. The van der Waals surface area contributed by atoms with Gasteiger partial charge in [-0.2, -0.15) is 0 Å². The van der Waals surface area contributed by atoms with Crippen molar-refractivity contribution in [1.82, 2.24) is 0 Å². The molecule has 0 aromatic carbocycles. The van der Waals surface area contributed by atoms with Crippen LogP contribution in [0.2, 0.25) is 0 Å². The maximum absolute atomic E-state index is 10.6. The van der Waals surface area contributed by atoms with E-state index in [9.17, 15) is 9.59 Å². The summed E-state index contributed by atoms with van der Waals surface area (Å²) in [5.74, 6) is 0.692. The van der Waals surface area contributed by atoms with Gasteiger partial charge in [0.05, 0.1) is 0 Å². The monoisotopic (exact) mass is 126 g/mol. The van der Waals surface area contributed by atoms with Crippen molar-refractivity contribution < 1.29 is 9.59 Å². The summed E-state index contributed by atoms with van der Waals surface area (Å²) in [6, 6.07) is 0. The predicted molar refractivity (Wildman–Crippen MR) is 33.0 cm³/mol. The fraction of sp³-hybridized carbons (Fsp3) is 0.714. The van der Waals surface area contributed by atoms with Crippen LogP contribution in [-0.2, 0) is 9.59 Å². The van der Waals surface area contributed by atoms with E-state index < -0.39 is 0 Å². The summed E-state index contributed by atoms with van der Waals surface area (Å²) in [4.78, 5) is 20.6. The fourth-order valence-electron chi connectivity index (χ4n) is 1.23. The van der Waals surface area contributed by atoms with E-state index in [1.807, 2.05) is 0 Å². The molecule has 0 saturated heterocycles. The Labute approximate surface area is 54.2 Å². The average molecular weight is 126 g/mol. The molecule has 0 heterocycles. The van der Waals surface area contributed by atoms with Gasteiger partial charge in [0, 0.05) is 19.3 Å². The minimum Gasteiger partial charge on any atom is -0.303 e. The lowest BCUT2D eigenvalue weighted by atomic mass is 10.1.